The third-order valence-corrected chi connectivity index (χ3v) is 4.31. The van der Waals surface area contributed by atoms with Crippen molar-refractivity contribution in [1.29, 1.82) is 0 Å². The van der Waals surface area contributed by atoms with Crippen LogP contribution in [0.15, 0.2) is 69.7 Å². The average molecular weight is 446 g/mol. The van der Waals surface area contributed by atoms with Crippen molar-refractivity contribution in [3.63, 3.8) is 0 Å². The number of carbonyl (C=O) groups excluding carboxylic acids is 1. The standard InChI is InChI=1S/C21H14ClF2N3O4/c22-13-6-7-16(30-11-18(23)24)15(10-13)19(28)25-14-4-1-3-12(9-14)20-26-27-21(31-20)17-5-2-8-29-17/h1-10,18H,11H2,(H,25,28). The SMILES string of the molecule is O=C(Nc1cccc(-c2nnc(-c3ccco3)o2)c1)c1cc(Cl)ccc1OCC(F)F. The second-order valence-corrected chi connectivity index (χ2v) is 6.70. The van der Waals surface area contributed by atoms with Gasteiger partial charge in [-0.3, -0.25) is 4.79 Å². The third-order valence-electron chi connectivity index (χ3n) is 4.08. The molecule has 7 nitrogen and oxygen atoms in total. The highest BCUT2D eigenvalue weighted by Gasteiger charge is 2.17. The largest absolute Gasteiger partial charge is 0.487 e. The van der Waals surface area contributed by atoms with E-state index in [1.807, 2.05) is 0 Å². The molecule has 0 radical (unpaired) electrons. The number of hydrogen-bond acceptors (Lipinski definition) is 6. The Hall–Kier alpha value is -3.72. The number of aromatic nitrogens is 2. The van der Waals surface area contributed by atoms with Crippen molar-refractivity contribution < 1.29 is 27.1 Å². The van der Waals surface area contributed by atoms with Gasteiger partial charge in [0, 0.05) is 16.3 Å². The smallest absolute Gasteiger partial charge is 0.283 e. The van der Waals surface area contributed by atoms with E-state index in [1.165, 1.54) is 24.5 Å². The van der Waals surface area contributed by atoms with Crippen molar-refractivity contribution in [2.24, 2.45) is 0 Å². The maximum Gasteiger partial charge on any atom is 0.283 e. The molecule has 0 spiro atoms. The van der Waals surface area contributed by atoms with Crippen molar-refractivity contribution in [3.8, 4) is 28.9 Å². The van der Waals surface area contributed by atoms with Gasteiger partial charge in [-0.1, -0.05) is 17.7 Å². The molecule has 2 heterocycles. The molecule has 0 atom stereocenters. The molecule has 2 aromatic carbocycles. The first-order valence-corrected chi connectivity index (χ1v) is 9.37. The molecule has 1 amide bonds. The van der Waals surface area contributed by atoms with Gasteiger partial charge in [-0.2, -0.15) is 0 Å². The van der Waals surface area contributed by atoms with Gasteiger partial charge in [-0.25, -0.2) is 8.78 Å². The highest BCUT2D eigenvalue weighted by Crippen LogP contribution is 2.28. The molecule has 4 aromatic rings. The normalized spacial score (nSPS) is 11.0. The Labute approximate surface area is 179 Å². The molecule has 10 heteroatoms. The second kappa shape index (κ2) is 8.97. The summed E-state index contributed by atoms with van der Waals surface area (Å²) in [6.45, 7) is -0.841. The van der Waals surface area contributed by atoms with Crippen molar-refractivity contribution in [2.75, 3.05) is 11.9 Å². The van der Waals surface area contributed by atoms with Crippen LogP contribution >= 0.6 is 11.6 Å². The number of nitrogens with one attached hydrogen (secondary N) is 1. The zero-order valence-corrected chi connectivity index (χ0v) is 16.5. The Morgan fingerprint density at radius 1 is 1.10 bits per heavy atom. The molecule has 0 aliphatic rings. The maximum absolute atomic E-state index is 12.7. The summed E-state index contributed by atoms with van der Waals surface area (Å²) in [5.41, 5.74) is 1.000. The van der Waals surface area contributed by atoms with E-state index in [9.17, 15) is 13.6 Å². The average Bonchev–Trinajstić information content (AvgIpc) is 3.45. The number of nitrogens with zero attached hydrogens (tertiary/aromatic N) is 2. The number of rotatable bonds is 7. The summed E-state index contributed by atoms with van der Waals surface area (Å²) in [5, 5.41) is 10.9. The Morgan fingerprint density at radius 2 is 1.94 bits per heavy atom. The van der Waals surface area contributed by atoms with E-state index in [0.29, 0.717) is 17.0 Å². The number of furan rings is 1. The molecule has 1 N–H and O–H groups in total. The van der Waals surface area contributed by atoms with Crippen LogP contribution in [0.1, 0.15) is 10.4 Å². The van der Waals surface area contributed by atoms with Gasteiger partial charge in [-0.05, 0) is 48.5 Å². The molecule has 0 fully saturated rings. The number of alkyl halides is 2. The number of benzene rings is 2. The first-order valence-electron chi connectivity index (χ1n) is 8.99. The van der Waals surface area contributed by atoms with Gasteiger partial charge in [0.2, 0.25) is 5.89 Å². The van der Waals surface area contributed by atoms with E-state index in [4.69, 9.17) is 25.2 Å². The molecule has 31 heavy (non-hydrogen) atoms. The molecule has 0 saturated carbocycles. The summed E-state index contributed by atoms with van der Waals surface area (Å²) < 4.78 is 40.9. The zero-order valence-electron chi connectivity index (χ0n) is 15.7. The number of amides is 1. The van der Waals surface area contributed by atoms with Gasteiger partial charge in [-0.15, -0.1) is 10.2 Å². The molecule has 0 saturated heterocycles. The van der Waals surface area contributed by atoms with Crippen LogP contribution in [0.5, 0.6) is 5.75 Å². The lowest BCUT2D eigenvalue weighted by Crippen LogP contribution is -2.15. The van der Waals surface area contributed by atoms with Gasteiger partial charge < -0.3 is 18.9 Å². The number of carbonyl (C=O) groups is 1. The summed E-state index contributed by atoms with van der Waals surface area (Å²) in [4.78, 5) is 12.7. The Kier molecular flexibility index (Phi) is 5.94. The molecule has 2 aromatic heterocycles. The summed E-state index contributed by atoms with van der Waals surface area (Å²) in [6.07, 6.45) is -1.19. The van der Waals surface area contributed by atoms with Crippen molar-refractivity contribution in [1.82, 2.24) is 10.2 Å². The minimum absolute atomic E-state index is 0.00153. The molecule has 158 valence electrons. The number of halogens is 3. The van der Waals surface area contributed by atoms with Crippen molar-refractivity contribution >= 4 is 23.2 Å². The fourth-order valence-corrected chi connectivity index (χ4v) is 2.90. The highest BCUT2D eigenvalue weighted by atomic mass is 35.5. The van der Waals surface area contributed by atoms with Crippen LogP contribution in [-0.4, -0.2) is 29.1 Å². The minimum atomic E-state index is -2.68. The van der Waals surface area contributed by atoms with Gasteiger partial charge in [0.1, 0.15) is 12.4 Å². The molecule has 4 rings (SSSR count). The van der Waals surface area contributed by atoms with E-state index in [0.717, 1.165) is 0 Å². The van der Waals surface area contributed by atoms with E-state index < -0.39 is 18.9 Å². The van der Waals surface area contributed by atoms with Crippen LogP contribution in [0, 0.1) is 0 Å². The molecule has 0 aliphatic heterocycles. The van der Waals surface area contributed by atoms with Crippen LogP contribution in [-0.2, 0) is 0 Å². The van der Waals surface area contributed by atoms with Crippen molar-refractivity contribution in [2.45, 2.75) is 6.43 Å². The first kappa shape index (κ1) is 20.5. The van der Waals surface area contributed by atoms with Crippen LogP contribution < -0.4 is 10.1 Å². The van der Waals surface area contributed by atoms with E-state index in [-0.39, 0.29) is 28.1 Å². The zero-order chi connectivity index (χ0) is 21.8. The van der Waals surface area contributed by atoms with E-state index >= 15 is 0 Å². The number of hydrogen-bond donors (Lipinski definition) is 1. The second-order valence-electron chi connectivity index (χ2n) is 6.27. The lowest BCUT2D eigenvalue weighted by molar-refractivity contribution is 0.0803. The summed E-state index contributed by atoms with van der Waals surface area (Å²) in [7, 11) is 0. The van der Waals surface area contributed by atoms with Gasteiger partial charge in [0.05, 0.1) is 11.8 Å². The molecule has 0 aliphatic carbocycles. The molecule has 0 unspecified atom stereocenters. The lowest BCUT2D eigenvalue weighted by atomic mass is 10.1. The molecule has 0 bridgehead atoms. The van der Waals surface area contributed by atoms with Gasteiger partial charge >= 0.3 is 0 Å². The molecular formula is C21H14ClF2N3O4. The minimum Gasteiger partial charge on any atom is -0.487 e. The predicted molar refractivity (Wildman–Crippen MR) is 108 cm³/mol. The topological polar surface area (TPSA) is 90.4 Å². The number of ether oxygens (including phenoxy) is 1. The Bertz CT molecular complexity index is 1200. The number of anilines is 1. The van der Waals surface area contributed by atoms with Crippen molar-refractivity contribution in [3.05, 3.63) is 71.4 Å². The summed E-state index contributed by atoms with van der Waals surface area (Å²) in [5.74, 6) is 0.296. The first-order chi connectivity index (χ1) is 15.0. The third kappa shape index (κ3) is 4.89. The predicted octanol–water partition coefficient (Wildman–Crippen LogP) is 5.55. The van der Waals surface area contributed by atoms with E-state index in [1.54, 1.807) is 36.4 Å². The monoisotopic (exact) mass is 445 g/mol. The fraction of sp³-hybridized carbons (Fsp3) is 0.0952. The fourth-order valence-electron chi connectivity index (χ4n) is 2.73. The Balaban J connectivity index is 1.54. The summed E-state index contributed by atoms with van der Waals surface area (Å²) >= 11 is 5.96. The Morgan fingerprint density at radius 3 is 2.71 bits per heavy atom. The van der Waals surface area contributed by atoms with Crippen LogP contribution in [0.3, 0.4) is 0 Å². The van der Waals surface area contributed by atoms with E-state index in [2.05, 4.69) is 15.5 Å². The van der Waals surface area contributed by atoms with Gasteiger partial charge in [0.15, 0.2) is 5.76 Å². The van der Waals surface area contributed by atoms with Crippen LogP contribution in [0.4, 0.5) is 14.5 Å². The lowest BCUT2D eigenvalue weighted by Gasteiger charge is -2.12. The highest BCUT2D eigenvalue weighted by molar-refractivity contribution is 6.31. The maximum atomic E-state index is 12.7. The van der Waals surface area contributed by atoms with Crippen LogP contribution in [0.25, 0.3) is 23.1 Å². The van der Waals surface area contributed by atoms with Crippen LogP contribution in [0.2, 0.25) is 5.02 Å². The quantitative estimate of drug-likeness (QED) is 0.401. The summed E-state index contributed by atoms with van der Waals surface area (Å²) in [6, 6.07) is 14.2. The van der Waals surface area contributed by atoms with Gasteiger partial charge in [0.25, 0.3) is 18.2 Å². The molecular weight excluding hydrogens is 432 g/mol.